The van der Waals surface area contributed by atoms with Gasteiger partial charge in [0.05, 0.1) is 12.6 Å². The van der Waals surface area contributed by atoms with Crippen LogP contribution in [-0.2, 0) is 6.42 Å². The van der Waals surface area contributed by atoms with Crippen LogP contribution in [0.3, 0.4) is 0 Å². The standard InChI is InChI=1S/C16H23N3/c1-3-14-6-8-15(9-7-14)19-11-4-5-16(13-19)18(2)12-10-17/h6-9,16H,3-5,11-13H2,1-2H3. The summed E-state index contributed by atoms with van der Waals surface area (Å²) in [7, 11) is 2.05. The van der Waals surface area contributed by atoms with Crippen LogP contribution in [0.15, 0.2) is 24.3 Å². The molecule has 3 heteroatoms. The first-order valence-electron chi connectivity index (χ1n) is 7.15. The van der Waals surface area contributed by atoms with E-state index in [0.717, 1.165) is 19.5 Å². The van der Waals surface area contributed by atoms with Gasteiger partial charge >= 0.3 is 0 Å². The van der Waals surface area contributed by atoms with Gasteiger partial charge < -0.3 is 4.90 Å². The third-order valence-electron chi connectivity index (χ3n) is 4.05. The monoisotopic (exact) mass is 257 g/mol. The second kappa shape index (κ2) is 6.58. The number of hydrogen-bond acceptors (Lipinski definition) is 3. The maximum atomic E-state index is 8.80. The topological polar surface area (TPSA) is 30.3 Å². The predicted molar refractivity (Wildman–Crippen MR) is 79.3 cm³/mol. The average molecular weight is 257 g/mol. The molecular formula is C16H23N3. The third-order valence-corrected chi connectivity index (χ3v) is 4.05. The number of benzene rings is 1. The maximum absolute atomic E-state index is 8.80. The number of rotatable bonds is 4. The third kappa shape index (κ3) is 3.48. The summed E-state index contributed by atoms with van der Waals surface area (Å²) < 4.78 is 0. The molecule has 1 fully saturated rings. The van der Waals surface area contributed by atoms with E-state index < -0.39 is 0 Å². The number of anilines is 1. The molecule has 3 nitrogen and oxygen atoms in total. The molecule has 1 saturated heterocycles. The van der Waals surface area contributed by atoms with E-state index in [-0.39, 0.29) is 0 Å². The first-order chi connectivity index (χ1) is 9.24. The highest BCUT2D eigenvalue weighted by atomic mass is 15.2. The van der Waals surface area contributed by atoms with E-state index >= 15 is 0 Å². The summed E-state index contributed by atoms with van der Waals surface area (Å²) in [4.78, 5) is 4.62. The highest BCUT2D eigenvalue weighted by Crippen LogP contribution is 2.22. The molecular weight excluding hydrogens is 234 g/mol. The van der Waals surface area contributed by atoms with Crippen molar-refractivity contribution in [3.05, 3.63) is 29.8 Å². The van der Waals surface area contributed by atoms with E-state index in [2.05, 4.69) is 54.1 Å². The Kier molecular flexibility index (Phi) is 4.81. The lowest BCUT2D eigenvalue weighted by Crippen LogP contribution is -2.46. The summed E-state index contributed by atoms with van der Waals surface area (Å²) in [6.07, 6.45) is 3.49. The van der Waals surface area contributed by atoms with Gasteiger partial charge in [-0.1, -0.05) is 19.1 Å². The number of nitrogens with zero attached hydrogens (tertiary/aromatic N) is 3. The maximum Gasteiger partial charge on any atom is 0.0866 e. The Hall–Kier alpha value is -1.53. The van der Waals surface area contributed by atoms with Gasteiger partial charge in [0.15, 0.2) is 0 Å². The molecule has 1 unspecified atom stereocenters. The van der Waals surface area contributed by atoms with Crippen LogP contribution in [0.2, 0.25) is 0 Å². The van der Waals surface area contributed by atoms with Crippen molar-refractivity contribution >= 4 is 5.69 Å². The quantitative estimate of drug-likeness (QED) is 0.777. The van der Waals surface area contributed by atoms with Crippen LogP contribution in [0, 0.1) is 11.3 Å². The molecule has 0 bridgehead atoms. The number of piperidine rings is 1. The minimum Gasteiger partial charge on any atom is -0.370 e. The van der Waals surface area contributed by atoms with Gasteiger partial charge in [-0.2, -0.15) is 5.26 Å². The second-order valence-corrected chi connectivity index (χ2v) is 5.34. The van der Waals surface area contributed by atoms with Gasteiger partial charge in [-0.05, 0) is 44.0 Å². The highest BCUT2D eigenvalue weighted by molar-refractivity contribution is 5.48. The minimum absolute atomic E-state index is 0.499. The van der Waals surface area contributed by atoms with Gasteiger partial charge in [0.1, 0.15) is 0 Å². The Labute approximate surface area is 116 Å². The fraction of sp³-hybridized carbons (Fsp3) is 0.562. The Bertz CT molecular complexity index is 432. The van der Waals surface area contributed by atoms with Crippen LogP contribution >= 0.6 is 0 Å². The predicted octanol–water partition coefficient (Wildman–Crippen LogP) is 2.67. The van der Waals surface area contributed by atoms with Crippen LogP contribution in [0.1, 0.15) is 25.3 Å². The molecule has 1 aliphatic heterocycles. The lowest BCUT2D eigenvalue weighted by molar-refractivity contribution is 0.238. The van der Waals surface area contributed by atoms with E-state index in [9.17, 15) is 0 Å². The molecule has 1 aromatic carbocycles. The van der Waals surface area contributed by atoms with Gasteiger partial charge in [0, 0.05) is 24.8 Å². The Morgan fingerprint density at radius 2 is 2.11 bits per heavy atom. The largest absolute Gasteiger partial charge is 0.370 e. The van der Waals surface area contributed by atoms with Crippen molar-refractivity contribution in [2.45, 2.75) is 32.2 Å². The molecule has 0 aliphatic carbocycles. The number of aryl methyl sites for hydroxylation is 1. The summed E-state index contributed by atoms with van der Waals surface area (Å²) in [6.45, 7) is 4.86. The SMILES string of the molecule is CCc1ccc(N2CCCC(N(C)CC#N)C2)cc1. The van der Waals surface area contributed by atoms with Crippen LogP contribution in [0.25, 0.3) is 0 Å². The van der Waals surface area contributed by atoms with Crippen LogP contribution in [0.4, 0.5) is 5.69 Å². The average Bonchev–Trinajstić information content (AvgIpc) is 2.48. The molecule has 19 heavy (non-hydrogen) atoms. The summed E-state index contributed by atoms with van der Waals surface area (Å²) in [5, 5.41) is 8.80. The van der Waals surface area contributed by atoms with Crippen LogP contribution < -0.4 is 4.90 Å². The molecule has 0 N–H and O–H groups in total. The zero-order valence-electron chi connectivity index (χ0n) is 12.0. The van der Waals surface area contributed by atoms with Crippen molar-refractivity contribution in [2.75, 3.05) is 31.6 Å². The van der Waals surface area contributed by atoms with E-state index in [1.165, 1.54) is 24.1 Å². The van der Waals surface area contributed by atoms with Crippen molar-refractivity contribution in [3.8, 4) is 6.07 Å². The molecule has 0 spiro atoms. The first-order valence-corrected chi connectivity index (χ1v) is 7.15. The van der Waals surface area contributed by atoms with Crippen LogP contribution in [0.5, 0.6) is 0 Å². The smallest absolute Gasteiger partial charge is 0.0866 e. The molecule has 1 aliphatic rings. The van der Waals surface area contributed by atoms with Crippen molar-refractivity contribution in [2.24, 2.45) is 0 Å². The summed E-state index contributed by atoms with van der Waals surface area (Å²) in [6, 6.07) is 11.6. The van der Waals surface area contributed by atoms with Crippen molar-refractivity contribution in [1.29, 1.82) is 5.26 Å². The van der Waals surface area contributed by atoms with Gasteiger partial charge in [-0.15, -0.1) is 0 Å². The van der Waals surface area contributed by atoms with Gasteiger partial charge in [-0.25, -0.2) is 0 Å². The molecule has 0 amide bonds. The second-order valence-electron chi connectivity index (χ2n) is 5.34. The van der Waals surface area contributed by atoms with Crippen molar-refractivity contribution < 1.29 is 0 Å². The normalized spacial score (nSPS) is 19.5. The first kappa shape index (κ1) is 13.9. The van der Waals surface area contributed by atoms with Gasteiger partial charge in [0.25, 0.3) is 0 Å². The summed E-state index contributed by atoms with van der Waals surface area (Å²) in [5.74, 6) is 0. The fourth-order valence-electron chi connectivity index (χ4n) is 2.73. The zero-order valence-corrected chi connectivity index (χ0v) is 12.0. The number of likely N-dealkylation sites (N-methyl/N-ethyl adjacent to an activating group) is 1. The van der Waals surface area contributed by atoms with Crippen molar-refractivity contribution in [1.82, 2.24) is 4.90 Å². The molecule has 1 aromatic rings. The van der Waals surface area contributed by atoms with E-state index in [1.54, 1.807) is 0 Å². The number of nitriles is 1. The molecule has 0 saturated carbocycles. The lowest BCUT2D eigenvalue weighted by Gasteiger charge is -2.38. The molecule has 1 atom stereocenters. The van der Waals surface area contributed by atoms with Crippen LogP contribution in [-0.4, -0.2) is 37.6 Å². The van der Waals surface area contributed by atoms with Gasteiger partial charge in [-0.3, -0.25) is 4.90 Å². The van der Waals surface area contributed by atoms with E-state index in [0.29, 0.717) is 12.6 Å². The Balaban J connectivity index is 2.02. The highest BCUT2D eigenvalue weighted by Gasteiger charge is 2.23. The molecule has 0 radical (unpaired) electrons. The van der Waals surface area contributed by atoms with Gasteiger partial charge in [0.2, 0.25) is 0 Å². The molecule has 2 rings (SSSR count). The summed E-state index contributed by atoms with van der Waals surface area (Å²) in [5.41, 5.74) is 2.70. The Morgan fingerprint density at radius 3 is 2.74 bits per heavy atom. The summed E-state index contributed by atoms with van der Waals surface area (Å²) >= 11 is 0. The van der Waals surface area contributed by atoms with E-state index in [1.807, 2.05) is 0 Å². The van der Waals surface area contributed by atoms with E-state index in [4.69, 9.17) is 5.26 Å². The Morgan fingerprint density at radius 1 is 1.37 bits per heavy atom. The lowest BCUT2D eigenvalue weighted by atomic mass is 10.0. The molecule has 1 heterocycles. The fourth-order valence-corrected chi connectivity index (χ4v) is 2.73. The zero-order chi connectivity index (χ0) is 13.7. The minimum atomic E-state index is 0.499. The number of hydrogen-bond donors (Lipinski definition) is 0. The molecule has 102 valence electrons. The molecule has 0 aromatic heterocycles. The van der Waals surface area contributed by atoms with Crippen molar-refractivity contribution in [3.63, 3.8) is 0 Å².